The Hall–Kier alpha value is -3.42. The first kappa shape index (κ1) is 28.8. The van der Waals surface area contributed by atoms with Crippen molar-refractivity contribution in [3.8, 4) is 0 Å². The fourth-order valence-corrected chi connectivity index (χ4v) is 3.34. The first-order valence-electron chi connectivity index (χ1n) is 11.8. The largest absolute Gasteiger partial charge is 0.458 e. The molecule has 0 aromatic heterocycles. The second-order valence-electron chi connectivity index (χ2n) is 10.2. The summed E-state index contributed by atoms with van der Waals surface area (Å²) in [4.78, 5) is 39.9. The minimum absolute atomic E-state index is 0.00125. The Morgan fingerprint density at radius 1 is 0.861 bits per heavy atom. The highest BCUT2D eigenvalue weighted by Gasteiger charge is 2.38. The molecule has 0 aliphatic carbocycles. The predicted molar refractivity (Wildman–Crippen MR) is 134 cm³/mol. The average molecular weight is 502 g/mol. The maximum atomic E-state index is 14.6. The van der Waals surface area contributed by atoms with Gasteiger partial charge in [-0.1, -0.05) is 60.7 Å². The van der Waals surface area contributed by atoms with Gasteiger partial charge in [0.25, 0.3) is 0 Å². The zero-order valence-electron chi connectivity index (χ0n) is 21.8. The van der Waals surface area contributed by atoms with Crippen molar-refractivity contribution in [1.29, 1.82) is 0 Å². The molecule has 1 amide bonds. The van der Waals surface area contributed by atoms with Crippen molar-refractivity contribution in [2.75, 3.05) is 7.05 Å². The summed E-state index contributed by atoms with van der Waals surface area (Å²) in [5.74, 6) is -1.67. The van der Waals surface area contributed by atoms with Gasteiger partial charge in [-0.3, -0.25) is 4.90 Å². The van der Waals surface area contributed by atoms with Gasteiger partial charge >= 0.3 is 18.0 Å². The Morgan fingerprint density at radius 2 is 1.39 bits per heavy atom. The van der Waals surface area contributed by atoms with Crippen LogP contribution in [0.5, 0.6) is 0 Å². The van der Waals surface area contributed by atoms with Crippen LogP contribution in [0.3, 0.4) is 0 Å². The standard InChI is InChI=1S/C28H36FNO6/c1-27(2,3)36-26(33)30(6)22(18-28(4,5)29)24(31)35-23(17-20-13-9-7-10-14-20)25(32)34-19-21-15-11-8-12-16-21/h7-16,22-23H,17-19H2,1-6H3/t22-,23+/m0/s1. The number of alkyl halides is 1. The highest BCUT2D eigenvalue weighted by molar-refractivity contribution is 5.85. The first-order chi connectivity index (χ1) is 16.7. The summed E-state index contributed by atoms with van der Waals surface area (Å²) in [7, 11) is 1.34. The van der Waals surface area contributed by atoms with Crippen LogP contribution in [-0.4, -0.2) is 53.4 Å². The number of likely N-dealkylation sites (N-methyl/N-ethyl adjacent to an activating group) is 1. The van der Waals surface area contributed by atoms with Crippen LogP contribution in [0.1, 0.15) is 52.2 Å². The van der Waals surface area contributed by atoms with Gasteiger partial charge in [-0.05, 0) is 45.7 Å². The molecule has 0 heterocycles. The molecular formula is C28H36FNO6. The van der Waals surface area contributed by atoms with E-state index in [4.69, 9.17) is 14.2 Å². The second-order valence-corrected chi connectivity index (χ2v) is 10.2. The molecule has 8 heteroatoms. The van der Waals surface area contributed by atoms with Gasteiger partial charge in [0.15, 0.2) is 0 Å². The summed E-state index contributed by atoms with van der Waals surface area (Å²) in [6, 6.07) is 16.8. The highest BCUT2D eigenvalue weighted by Crippen LogP contribution is 2.23. The van der Waals surface area contributed by atoms with Crippen LogP contribution in [-0.2, 0) is 36.8 Å². The summed E-state index contributed by atoms with van der Waals surface area (Å²) in [6.45, 7) is 7.65. The van der Waals surface area contributed by atoms with E-state index < -0.39 is 41.4 Å². The Balaban J connectivity index is 2.24. The number of benzene rings is 2. The van der Waals surface area contributed by atoms with Gasteiger partial charge in [-0.15, -0.1) is 0 Å². The van der Waals surface area contributed by atoms with E-state index in [-0.39, 0.29) is 19.4 Å². The molecule has 0 bridgehead atoms. The second kappa shape index (κ2) is 12.5. The van der Waals surface area contributed by atoms with Crippen molar-refractivity contribution < 1.29 is 33.0 Å². The van der Waals surface area contributed by atoms with E-state index in [1.807, 2.05) is 24.3 Å². The van der Waals surface area contributed by atoms with Gasteiger partial charge in [0.2, 0.25) is 6.10 Å². The maximum Gasteiger partial charge on any atom is 0.410 e. The minimum Gasteiger partial charge on any atom is -0.458 e. The van der Waals surface area contributed by atoms with E-state index in [1.54, 1.807) is 57.2 Å². The van der Waals surface area contributed by atoms with Gasteiger partial charge in [0, 0.05) is 19.9 Å². The monoisotopic (exact) mass is 501 g/mol. The minimum atomic E-state index is -1.80. The number of ether oxygens (including phenoxy) is 3. The van der Waals surface area contributed by atoms with Crippen LogP contribution in [0.4, 0.5) is 9.18 Å². The summed E-state index contributed by atoms with van der Waals surface area (Å²) in [5.41, 5.74) is -1.10. The summed E-state index contributed by atoms with van der Waals surface area (Å²) < 4.78 is 31.0. The average Bonchev–Trinajstić information content (AvgIpc) is 2.79. The van der Waals surface area contributed by atoms with E-state index in [1.165, 1.54) is 20.9 Å². The number of amides is 1. The van der Waals surface area contributed by atoms with E-state index in [2.05, 4.69) is 0 Å². The Morgan fingerprint density at radius 3 is 1.89 bits per heavy atom. The van der Waals surface area contributed by atoms with Gasteiger partial charge in [0.05, 0.1) is 0 Å². The number of rotatable bonds is 10. The highest BCUT2D eigenvalue weighted by atomic mass is 19.1. The van der Waals surface area contributed by atoms with Crippen LogP contribution >= 0.6 is 0 Å². The van der Waals surface area contributed by atoms with Crippen molar-refractivity contribution in [2.24, 2.45) is 0 Å². The van der Waals surface area contributed by atoms with Crippen molar-refractivity contribution in [3.05, 3.63) is 71.8 Å². The molecule has 0 saturated carbocycles. The van der Waals surface area contributed by atoms with Gasteiger partial charge in [0.1, 0.15) is 23.9 Å². The molecule has 0 fully saturated rings. The molecule has 0 unspecified atom stereocenters. The number of carbonyl (C=O) groups excluding carboxylic acids is 3. The number of carbonyl (C=O) groups is 3. The number of nitrogens with zero attached hydrogens (tertiary/aromatic N) is 1. The summed E-state index contributed by atoms with van der Waals surface area (Å²) in [5, 5.41) is 0. The smallest absolute Gasteiger partial charge is 0.410 e. The molecular weight excluding hydrogens is 465 g/mol. The Bertz CT molecular complexity index is 998. The van der Waals surface area contributed by atoms with Gasteiger partial charge in [-0.25, -0.2) is 18.8 Å². The third kappa shape index (κ3) is 10.1. The van der Waals surface area contributed by atoms with Crippen molar-refractivity contribution in [1.82, 2.24) is 4.90 Å². The summed E-state index contributed by atoms with van der Waals surface area (Å²) in [6.07, 6.45) is -2.39. The Labute approximate surface area is 212 Å². The molecule has 2 atom stereocenters. The molecule has 0 saturated heterocycles. The molecule has 2 aromatic rings. The lowest BCUT2D eigenvalue weighted by atomic mass is 10.00. The normalized spacial score (nSPS) is 13.3. The van der Waals surface area contributed by atoms with Crippen LogP contribution in [0.25, 0.3) is 0 Å². The van der Waals surface area contributed by atoms with Crippen LogP contribution < -0.4 is 0 Å². The molecule has 7 nitrogen and oxygen atoms in total. The maximum absolute atomic E-state index is 14.6. The third-order valence-electron chi connectivity index (χ3n) is 5.11. The zero-order valence-corrected chi connectivity index (χ0v) is 21.8. The number of hydrogen-bond acceptors (Lipinski definition) is 6. The molecule has 0 aliphatic heterocycles. The zero-order chi connectivity index (χ0) is 26.9. The lowest BCUT2D eigenvalue weighted by molar-refractivity contribution is -0.172. The van der Waals surface area contributed by atoms with Crippen molar-refractivity contribution in [3.63, 3.8) is 0 Å². The molecule has 2 aromatic carbocycles. The van der Waals surface area contributed by atoms with E-state index in [0.717, 1.165) is 16.0 Å². The van der Waals surface area contributed by atoms with Crippen LogP contribution in [0.2, 0.25) is 0 Å². The number of esters is 2. The molecule has 0 spiro atoms. The molecule has 196 valence electrons. The molecule has 0 N–H and O–H groups in total. The fraction of sp³-hybridized carbons (Fsp3) is 0.464. The van der Waals surface area contributed by atoms with E-state index >= 15 is 0 Å². The number of hydrogen-bond donors (Lipinski definition) is 0. The summed E-state index contributed by atoms with van der Waals surface area (Å²) >= 11 is 0. The van der Waals surface area contributed by atoms with Crippen LogP contribution in [0, 0.1) is 0 Å². The van der Waals surface area contributed by atoms with E-state index in [0.29, 0.717) is 0 Å². The fourth-order valence-electron chi connectivity index (χ4n) is 3.34. The van der Waals surface area contributed by atoms with Crippen molar-refractivity contribution in [2.45, 2.75) is 77.5 Å². The van der Waals surface area contributed by atoms with Gasteiger partial charge in [-0.2, -0.15) is 0 Å². The SMILES string of the molecule is CN(C(=O)OC(C)(C)C)[C@@H](CC(C)(C)F)C(=O)O[C@H](Cc1ccccc1)C(=O)OCc1ccccc1. The topological polar surface area (TPSA) is 82.1 Å². The lowest BCUT2D eigenvalue weighted by Crippen LogP contribution is -2.49. The predicted octanol–water partition coefficient (Wildman–Crippen LogP) is 5.26. The van der Waals surface area contributed by atoms with Crippen LogP contribution in [0.15, 0.2) is 60.7 Å². The third-order valence-corrected chi connectivity index (χ3v) is 5.11. The quantitative estimate of drug-likeness (QED) is 0.326. The van der Waals surface area contributed by atoms with Gasteiger partial charge < -0.3 is 14.2 Å². The van der Waals surface area contributed by atoms with E-state index in [9.17, 15) is 18.8 Å². The Kier molecular flexibility index (Phi) is 10.0. The molecule has 0 aliphatic rings. The molecule has 0 radical (unpaired) electrons. The molecule has 36 heavy (non-hydrogen) atoms. The first-order valence-corrected chi connectivity index (χ1v) is 11.8. The number of halogens is 1. The molecule has 2 rings (SSSR count). The van der Waals surface area contributed by atoms with Crippen molar-refractivity contribution >= 4 is 18.0 Å². The lowest BCUT2D eigenvalue weighted by Gasteiger charge is -2.32.